The summed E-state index contributed by atoms with van der Waals surface area (Å²) in [7, 11) is -0.748. The number of rotatable bonds is 39. The predicted octanol–water partition coefficient (Wildman–Crippen LogP) is 12.7. The predicted molar refractivity (Wildman–Crippen MR) is 238 cm³/mol. The summed E-state index contributed by atoms with van der Waals surface area (Å²) in [6, 6.07) is 0. The van der Waals surface area contributed by atoms with E-state index < -0.39 is 32.5 Å². The number of phosphoric ester groups is 1. The Morgan fingerprint density at radius 2 is 1.00 bits per heavy atom. The molecule has 0 aromatic carbocycles. The minimum absolute atomic E-state index is 0.00645. The van der Waals surface area contributed by atoms with Gasteiger partial charge >= 0.3 is 19.8 Å². The van der Waals surface area contributed by atoms with Crippen molar-refractivity contribution in [1.82, 2.24) is 4.90 Å². The van der Waals surface area contributed by atoms with Gasteiger partial charge in [0.05, 0.1) is 13.2 Å². The van der Waals surface area contributed by atoms with Gasteiger partial charge in [-0.05, 0) is 104 Å². The number of hydrogen-bond acceptors (Lipinski definition) is 8. The third-order valence-electron chi connectivity index (χ3n) is 8.69. The molecule has 2 unspecified atom stereocenters. The van der Waals surface area contributed by atoms with Crippen molar-refractivity contribution in [3.63, 3.8) is 0 Å². The van der Waals surface area contributed by atoms with E-state index in [9.17, 15) is 19.0 Å². The molecule has 10 heteroatoms. The number of allylic oxidation sites excluding steroid dienone is 14. The highest BCUT2D eigenvalue weighted by Crippen LogP contribution is 2.43. The van der Waals surface area contributed by atoms with Gasteiger partial charge in [0.25, 0.3) is 0 Å². The third-order valence-corrected chi connectivity index (χ3v) is 9.67. The largest absolute Gasteiger partial charge is 0.472 e. The second-order valence-corrected chi connectivity index (χ2v) is 15.9. The van der Waals surface area contributed by atoms with Gasteiger partial charge < -0.3 is 19.3 Å². The van der Waals surface area contributed by atoms with Crippen LogP contribution in [0.25, 0.3) is 0 Å². The quantitative estimate of drug-likeness (QED) is 0.0280. The molecule has 0 heterocycles. The number of carbonyl (C=O) groups excluding carboxylic acids is 2. The zero-order chi connectivity index (χ0) is 41.9. The summed E-state index contributed by atoms with van der Waals surface area (Å²) in [4.78, 5) is 37.0. The second kappa shape index (κ2) is 41.4. The fourth-order valence-electron chi connectivity index (χ4n) is 5.33. The number of unbranched alkanes of at least 4 members (excludes halogenated alkanes) is 11. The molecule has 57 heavy (non-hydrogen) atoms. The summed E-state index contributed by atoms with van der Waals surface area (Å²) in [6.07, 6.45) is 50.5. The van der Waals surface area contributed by atoms with E-state index in [1.807, 2.05) is 19.0 Å². The van der Waals surface area contributed by atoms with Gasteiger partial charge in [-0.1, -0.05) is 137 Å². The highest BCUT2D eigenvalue weighted by atomic mass is 31.2. The molecule has 0 spiro atoms. The third kappa shape index (κ3) is 42.6. The minimum Gasteiger partial charge on any atom is -0.462 e. The van der Waals surface area contributed by atoms with E-state index in [1.165, 1.54) is 25.7 Å². The summed E-state index contributed by atoms with van der Waals surface area (Å²) in [5, 5.41) is 0. The Balaban J connectivity index is 4.40. The number of phosphoric acid groups is 1. The number of likely N-dealkylation sites (N-methyl/N-ethyl adjacent to an activating group) is 1. The zero-order valence-electron chi connectivity index (χ0n) is 36.2. The Hall–Kier alpha value is -2.81. The van der Waals surface area contributed by atoms with Crippen LogP contribution in [0.3, 0.4) is 0 Å². The van der Waals surface area contributed by atoms with Crippen LogP contribution in [-0.2, 0) is 32.7 Å². The van der Waals surface area contributed by atoms with E-state index >= 15 is 0 Å². The molecule has 0 bridgehead atoms. The van der Waals surface area contributed by atoms with Crippen molar-refractivity contribution in [3.8, 4) is 0 Å². The van der Waals surface area contributed by atoms with Gasteiger partial charge in [0.1, 0.15) is 6.61 Å². The maximum absolute atomic E-state index is 12.7. The Kier molecular flexibility index (Phi) is 39.3. The summed E-state index contributed by atoms with van der Waals surface area (Å²) in [6.45, 7) is 4.10. The van der Waals surface area contributed by atoms with Crippen LogP contribution in [0.4, 0.5) is 0 Å². The standard InChI is InChI=1S/C47H80NO8P/c1-5-7-9-11-13-15-17-19-21-23-25-27-29-31-33-35-37-39-46(49)53-43-45(44-55-57(51,52)54-42-41-48(3)4)56-47(50)40-38-36-34-32-30-28-26-24-22-20-18-16-14-12-10-8-6-2/h8,10,13-16,19-22,25-28,45H,5-7,9,11-12,17-18,23-24,29-44H2,1-4H3,(H,51,52)/b10-8-,15-13-,16-14-,21-19-,22-20-,27-25-,28-26-. The first-order chi connectivity index (χ1) is 27.7. The first-order valence-electron chi connectivity index (χ1n) is 21.9. The van der Waals surface area contributed by atoms with Crippen molar-refractivity contribution in [3.05, 3.63) is 85.1 Å². The Morgan fingerprint density at radius 3 is 1.47 bits per heavy atom. The molecule has 0 aromatic rings. The Morgan fingerprint density at radius 1 is 0.561 bits per heavy atom. The minimum atomic E-state index is -4.38. The lowest BCUT2D eigenvalue weighted by Gasteiger charge is -2.20. The van der Waals surface area contributed by atoms with Gasteiger partial charge in [0.15, 0.2) is 6.10 Å². The van der Waals surface area contributed by atoms with E-state index in [1.54, 1.807) is 0 Å². The van der Waals surface area contributed by atoms with E-state index in [2.05, 4.69) is 98.9 Å². The molecule has 1 N–H and O–H groups in total. The van der Waals surface area contributed by atoms with Crippen molar-refractivity contribution in [1.29, 1.82) is 0 Å². The van der Waals surface area contributed by atoms with Crippen molar-refractivity contribution < 1.29 is 37.6 Å². The van der Waals surface area contributed by atoms with Gasteiger partial charge in [-0.15, -0.1) is 0 Å². The topological polar surface area (TPSA) is 112 Å². The maximum atomic E-state index is 12.7. The number of nitrogens with zero attached hydrogens (tertiary/aromatic N) is 1. The summed E-state index contributed by atoms with van der Waals surface area (Å²) in [5.74, 6) is -0.864. The molecule has 0 aliphatic carbocycles. The van der Waals surface area contributed by atoms with Crippen LogP contribution in [0.1, 0.15) is 155 Å². The van der Waals surface area contributed by atoms with Gasteiger partial charge in [0.2, 0.25) is 0 Å². The molecule has 0 fully saturated rings. The highest BCUT2D eigenvalue weighted by molar-refractivity contribution is 7.47. The lowest BCUT2D eigenvalue weighted by Crippen LogP contribution is -2.29. The van der Waals surface area contributed by atoms with Crippen molar-refractivity contribution in [2.24, 2.45) is 0 Å². The van der Waals surface area contributed by atoms with Crippen LogP contribution >= 0.6 is 7.82 Å². The highest BCUT2D eigenvalue weighted by Gasteiger charge is 2.26. The Labute approximate surface area is 348 Å². The van der Waals surface area contributed by atoms with E-state index in [-0.39, 0.29) is 26.1 Å². The van der Waals surface area contributed by atoms with Crippen LogP contribution in [-0.4, -0.2) is 68.3 Å². The molecule has 2 atom stereocenters. The number of esters is 2. The molecule has 0 aliphatic heterocycles. The normalized spacial score (nSPS) is 14.2. The van der Waals surface area contributed by atoms with Crippen molar-refractivity contribution in [2.45, 2.75) is 161 Å². The number of carbonyl (C=O) groups is 2. The van der Waals surface area contributed by atoms with Crippen molar-refractivity contribution >= 4 is 19.8 Å². The lowest BCUT2D eigenvalue weighted by atomic mass is 10.1. The molecule has 326 valence electrons. The second-order valence-electron chi connectivity index (χ2n) is 14.5. The first kappa shape index (κ1) is 54.2. The zero-order valence-corrected chi connectivity index (χ0v) is 37.1. The van der Waals surface area contributed by atoms with Gasteiger partial charge in [-0.2, -0.15) is 0 Å². The van der Waals surface area contributed by atoms with Crippen LogP contribution < -0.4 is 0 Å². The average Bonchev–Trinajstić information content (AvgIpc) is 3.18. The molecule has 0 amide bonds. The average molecular weight is 818 g/mol. The van der Waals surface area contributed by atoms with Crippen LogP contribution in [0, 0.1) is 0 Å². The summed E-state index contributed by atoms with van der Waals surface area (Å²) in [5.41, 5.74) is 0. The molecule has 0 aliphatic rings. The van der Waals surface area contributed by atoms with E-state index in [0.29, 0.717) is 19.4 Å². The van der Waals surface area contributed by atoms with Gasteiger partial charge in [-0.3, -0.25) is 18.6 Å². The fourth-order valence-corrected chi connectivity index (χ4v) is 6.07. The molecule has 0 rings (SSSR count). The van der Waals surface area contributed by atoms with Gasteiger partial charge in [-0.25, -0.2) is 4.57 Å². The molecular formula is C47H80NO8P. The molecule has 0 aromatic heterocycles. The molecule has 0 saturated heterocycles. The molecule has 0 radical (unpaired) electrons. The SMILES string of the molecule is CC/C=C\C/C=C\C/C=C\C/C=C\CCCCCCC(=O)OC(COC(=O)CCCCCC/C=C\C/C=C\C/C=C\CCCCC)COP(=O)(O)OCCN(C)C. The van der Waals surface area contributed by atoms with E-state index in [0.717, 1.165) is 89.9 Å². The smallest absolute Gasteiger partial charge is 0.462 e. The fraction of sp³-hybridized carbons (Fsp3) is 0.660. The first-order valence-corrected chi connectivity index (χ1v) is 23.4. The number of hydrogen-bond donors (Lipinski definition) is 1. The summed E-state index contributed by atoms with van der Waals surface area (Å²) < 4.78 is 33.4. The lowest BCUT2D eigenvalue weighted by molar-refractivity contribution is -0.161. The monoisotopic (exact) mass is 818 g/mol. The van der Waals surface area contributed by atoms with Crippen molar-refractivity contribution in [2.75, 3.05) is 40.5 Å². The van der Waals surface area contributed by atoms with Gasteiger partial charge in [0, 0.05) is 19.4 Å². The van der Waals surface area contributed by atoms with Crippen LogP contribution in [0.2, 0.25) is 0 Å². The molecule has 9 nitrogen and oxygen atoms in total. The number of ether oxygens (including phenoxy) is 2. The molecular weight excluding hydrogens is 737 g/mol. The summed E-state index contributed by atoms with van der Waals surface area (Å²) >= 11 is 0. The van der Waals surface area contributed by atoms with E-state index in [4.69, 9.17) is 18.5 Å². The van der Waals surface area contributed by atoms with Crippen LogP contribution in [0.15, 0.2) is 85.1 Å². The van der Waals surface area contributed by atoms with Crippen LogP contribution in [0.5, 0.6) is 0 Å². The maximum Gasteiger partial charge on any atom is 0.472 e. The Bertz CT molecular complexity index is 1220. The molecule has 0 saturated carbocycles.